The van der Waals surface area contributed by atoms with Crippen molar-refractivity contribution in [3.05, 3.63) is 101 Å². The summed E-state index contributed by atoms with van der Waals surface area (Å²) in [7, 11) is 1.75. The minimum Gasteiger partial charge on any atom is -0.369 e. The van der Waals surface area contributed by atoms with E-state index in [1.165, 1.54) is 6.07 Å². The minimum atomic E-state index is -0.700. The molecule has 15 heteroatoms. The van der Waals surface area contributed by atoms with Gasteiger partial charge in [-0.3, -0.25) is 28.9 Å². The van der Waals surface area contributed by atoms with E-state index in [2.05, 4.69) is 36.0 Å². The maximum Gasteiger partial charge on any atom is 0.329 e. The van der Waals surface area contributed by atoms with E-state index in [0.717, 1.165) is 111 Å². The molecule has 2 amide bonds. The Morgan fingerprint density at radius 2 is 1.67 bits per heavy atom. The van der Waals surface area contributed by atoms with Crippen LogP contribution in [0.1, 0.15) is 43.3 Å². The van der Waals surface area contributed by atoms with Crippen molar-refractivity contribution in [1.29, 1.82) is 0 Å². The van der Waals surface area contributed by atoms with Crippen LogP contribution in [-0.2, 0) is 16.6 Å². The molecule has 2 aromatic carbocycles. The Morgan fingerprint density at radius 1 is 0.842 bits per heavy atom. The molecular formula is C42H44FN11O3. The van der Waals surface area contributed by atoms with E-state index in [1.54, 1.807) is 28.3 Å². The highest BCUT2D eigenvalue weighted by Gasteiger charge is 2.35. The Morgan fingerprint density at radius 3 is 2.49 bits per heavy atom. The molecule has 0 saturated carbocycles. The zero-order valence-corrected chi connectivity index (χ0v) is 31.8. The normalized spacial score (nSPS) is 20.8. The van der Waals surface area contributed by atoms with Crippen molar-refractivity contribution in [2.75, 3.05) is 67.1 Å². The predicted molar refractivity (Wildman–Crippen MR) is 215 cm³/mol. The van der Waals surface area contributed by atoms with Gasteiger partial charge in [0.05, 0.1) is 34.7 Å². The molecule has 4 aliphatic rings. The highest BCUT2D eigenvalue weighted by Crippen LogP contribution is 2.37. The summed E-state index contributed by atoms with van der Waals surface area (Å²) < 4.78 is 19.2. The van der Waals surface area contributed by atoms with Crippen LogP contribution in [0.3, 0.4) is 0 Å². The van der Waals surface area contributed by atoms with Crippen LogP contribution in [-0.4, -0.2) is 97.8 Å². The molecule has 4 aliphatic heterocycles. The predicted octanol–water partition coefficient (Wildman–Crippen LogP) is 4.16. The zero-order chi connectivity index (χ0) is 38.8. The van der Waals surface area contributed by atoms with Gasteiger partial charge in [-0.15, -0.1) is 5.10 Å². The Hall–Kier alpha value is -6.09. The van der Waals surface area contributed by atoms with Crippen LogP contribution in [0.2, 0.25) is 0 Å². The summed E-state index contributed by atoms with van der Waals surface area (Å²) in [5, 5.41) is 7.43. The van der Waals surface area contributed by atoms with E-state index in [0.29, 0.717) is 17.9 Å². The molecular weight excluding hydrogens is 726 g/mol. The van der Waals surface area contributed by atoms with Crippen LogP contribution in [0.15, 0.2) is 83.8 Å². The number of benzene rings is 2. The molecule has 0 bridgehead atoms. The van der Waals surface area contributed by atoms with Gasteiger partial charge in [0, 0.05) is 71.7 Å². The summed E-state index contributed by atoms with van der Waals surface area (Å²) in [6.45, 7) is 7.23. The zero-order valence-electron chi connectivity index (χ0n) is 31.8. The largest absolute Gasteiger partial charge is 0.369 e. The molecule has 10 rings (SSSR count). The van der Waals surface area contributed by atoms with Crippen LogP contribution in [0.4, 0.5) is 21.7 Å². The highest BCUT2D eigenvalue weighted by atomic mass is 19.1. The third kappa shape index (κ3) is 6.29. The summed E-state index contributed by atoms with van der Waals surface area (Å²) in [4.78, 5) is 57.1. The number of halogens is 1. The molecule has 0 spiro atoms. The number of carbonyl (C=O) groups is 2. The standard InChI is InChI=1S/C42H44FN11O3/c1-48-40-32(9-4-10-33(40)53(42(48)57)34-13-16-39(55)46-41(34)56)51-25-27(26-51)24-49-18-20-50(21-19-49)37-12-3-8-30(45-37)35-23-44-36-14-15-38(47-54(35)36)52-17-5-11-31(52)28-6-2-7-29(43)22-28/h2-4,6-10,12,14-15,22-23,27,31,34H,5,11,13,16-21,24-26H2,1H3,(H,46,55,56). The van der Waals surface area contributed by atoms with E-state index in [9.17, 15) is 18.8 Å². The second kappa shape index (κ2) is 14.1. The van der Waals surface area contributed by atoms with Crippen LogP contribution < -0.4 is 25.7 Å². The number of nitrogens with one attached hydrogen (secondary N) is 1. The number of para-hydroxylation sites is 1. The van der Waals surface area contributed by atoms with Gasteiger partial charge >= 0.3 is 5.69 Å². The molecule has 57 heavy (non-hydrogen) atoms. The molecule has 14 nitrogen and oxygen atoms in total. The van der Waals surface area contributed by atoms with Crippen molar-refractivity contribution in [3.8, 4) is 11.4 Å². The molecule has 2 unspecified atom stereocenters. The van der Waals surface area contributed by atoms with Gasteiger partial charge < -0.3 is 14.7 Å². The highest BCUT2D eigenvalue weighted by molar-refractivity contribution is 6.00. The van der Waals surface area contributed by atoms with Crippen LogP contribution in [0, 0.1) is 11.7 Å². The Labute approximate surface area is 328 Å². The summed E-state index contributed by atoms with van der Waals surface area (Å²) in [6.07, 6.45) is 4.32. The first kappa shape index (κ1) is 35.3. The monoisotopic (exact) mass is 769 g/mol. The van der Waals surface area contributed by atoms with Crippen molar-refractivity contribution in [2.45, 2.75) is 37.8 Å². The number of carbonyl (C=O) groups excluding carboxylic acids is 2. The number of aryl methyl sites for hydroxylation is 1. The number of nitrogens with zero attached hydrogens (tertiary/aromatic N) is 10. The second-order valence-electron chi connectivity index (χ2n) is 15.8. The Balaban J connectivity index is 0.786. The Bertz CT molecular complexity index is 2590. The summed E-state index contributed by atoms with van der Waals surface area (Å²) in [5.41, 5.74) is 5.62. The number of pyridine rings is 1. The lowest BCUT2D eigenvalue weighted by molar-refractivity contribution is -0.135. The van der Waals surface area contributed by atoms with E-state index >= 15 is 0 Å². The lowest BCUT2D eigenvalue weighted by Gasteiger charge is -2.45. The molecule has 0 aliphatic carbocycles. The van der Waals surface area contributed by atoms with Crippen LogP contribution in [0.5, 0.6) is 0 Å². The molecule has 4 fully saturated rings. The van der Waals surface area contributed by atoms with Gasteiger partial charge in [-0.05, 0) is 73.4 Å². The molecule has 2 atom stereocenters. The fourth-order valence-corrected chi connectivity index (χ4v) is 9.34. The molecule has 292 valence electrons. The summed E-state index contributed by atoms with van der Waals surface area (Å²) in [6, 6.07) is 22.2. The average molecular weight is 770 g/mol. The molecule has 4 saturated heterocycles. The summed E-state index contributed by atoms with van der Waals surface area (Å²) >= 11 is 0. The first-order chi connectivity index (χ1) is 27.8. The van der Waals surface area contributed by atoms with Crippen LogP contribution >= 0.6 is 0 Å². The Kier molecular flexibility index (Phi) is 8.76. The van der Waals surface area contributed by atoms with Crippen molar-refractivity contribution in [1.82, 2.24) is 38.9 Å². The van der Waals surface area contributed by atoms with Gasteiger partial charge in [0.15, 0.2) is 5.65 Å². The molecule has 1 N–H and O–H groups in total. The van der Waals surface area contributed by atoms with Crippen molar-refractivity contribution in [3.63, 3.8) is 0 Å². The third-order valence-electron chi connectivity index (χ3n) is 12.2. The first-order valence-corrected chi connectivity index (χ1v) is 19.9. The number of rotatable bonds is 8. The number of aromatic nitrogens is 6. The number of piperidine rings is 1. The lowest BCUT2D eigenvalue weighted by atomic mass is 9.97. The van der Waals surface area contributed by atoms with Gasteiger partial charge in [0.25, 0.3) is 0 Å². The number of hydrogen-bond donors (Lipinski definition) is 1. The van der Waals surface area contributed by atoms with Crippen molar-refractivity contribution < 1.29 is 14.0 Å². The maximum atomic E-state index is 14.1. The quantitative estimate of drug-likeness (QED) is 0.226. The number of imide groups is 1. The number of amides is 2. The molecule has 4 aromatic heterocycles. The number of piperazine rings is 1. The van der Waals surface area contributed by atoms with Crippen molar-refractivity contribution >= 4 is 45.8 Å². The number of anilines is 3. The fourth-order valence-electron chi connectivity index (χ4n) is 9.34. The minimum absolute atomic E-state index is 0.0689. The number of hydrogen-bond acceptors (Lipinski definition) is 10. The van der Waals surface area contributed by atoms with Gasteiger partial charge in [-0.2, -0.15) is 0 Å². The van der Waals surface area contributed by atoms with E-state index in [-0.39, 0.29) is 29.9 Å². The lowest BCUT2D eigenvalue weighted by Crippen LogP contribution is -2.55. The first-order valence-electron chi connectivity index (χ1n) is 19.9. The SMILES string of the molecule is Cn1c(=O)n(C2CCC(=O)NC2=O)c2cccc(N3CC(CN4CCN(c5cccc(-c6cnc7ccc(N8CCCC8c8cccc(F)c8)nn67)n5)CC4)C3)c21. The van der Waals surface area contributed by atoms with Gasteiger partial charge in [0.1, 0.15) is 29.2 Å². The third-order valence-corrected chi connectivity index (χ3v) is 12.2. The summed E-state index contributed by atoms with van der Waals surface area (Å²) in [5.74, 6) is 1.32. The van der Waals surface area contributed by atoms with Gasteiger partial charge in [-0.1, -0.05) is 24.3 Å². The van der Waals surface area contributed by atoms with E-state index in [1.807, 2.05) is 59.2 Å². The van der Waals surface area contributed by atoms with Gasteiger partial charge in [0.2, 0.25) is 11.8 Å². The second-order valence-corrected chi connectivity index (χ2v) is 15.8. The maximum absolute atomic E-state index is 14.1. The molecule has 0 radical (unpaired) electrons. The number of fused-ring (bicyclic) bond motifs is 2. The van der Waals surface area contributed by atoms with E-state index in [4.69, 9.17) is 10.1 Å². The van der Waals surface area contributed by atoms with Crippen LogP contribution in [0.25, 0.3) is 28.1 Å². The topological polar surface area (TPSA) is 129 Å². The smallest absolute Gasteiger partial charge is 0.329 e. The number of imidazole rings is 2. The van der Waals surface area contributed by atoms with E-state index < -0.39 is 11.9 Å². The fraction of sp³-hybridized carbons (Fsp3) is 0.381. The van der Waals surface area contributed by atoms with Gasteiger partial charge in [-0.25, -0.2) is 23.7 Å². The molecule has 6 aromatic rings. The average Bonchev–Trinajstić information content (AvgIpc) is 3.93. The van der Waals surface area contributed by atoms with Crippen molar-refractivity contribution in [2.24, 2.45) is 13.0 Å². The molecule has 8 heterocycles.